The van der Waals surface area contributed by atoms with Crippen LogP contribution in [0.15, 0.2) is 60.7 Å². The maximum absolute atomic E-state index is 13.5. The lowest BCUT2D eigenvalue weighted by atomic mass is 9.63. The van der Waals surface area contributed by atoms with Crippen LogP contribution in [0, 0.1) is 49.4 Å². The molecule has 1 aliphatic heterocycles. The van der Waals surface area contributed by atoms with E-state index in [4.69, 9.17) is 0 Å². The van der Waals surface area contributed by atoms with Gasteiger partial charge in [0.2, 0.25) is 11.8 Å². The molecular weight excluding hydrogens is 400 g/mol. The van der Waals surface area contributed by atoms with Gasteiger partial charge in [0.25, 0.3) is 5.91 Å². The van der Waals surface area contributed by atoms with Gasteiger partial charge in [-0.2, -0.15) is 0 Å². The van der Waals surface area contributed by atoms with Crippen molar-refractivity contribution in [2.45, 2.75) is 20.3 Å². The molecule has 4 aliphatic carbocycles. The SMILES string of the molecule is Cc1cc(C)cc(N(CN2C(=O)C3C4C=CC(C5CC45)C3C2=O)C(=O)c2ccccc2)c1. The van der Waals surface area contributed by atoms with Crippen molar-refractivity contribution >= 4 is 23.4 Å². The molecule has 6 unspecified atom stereocenters. The van der Waals surface area contributed by atoms with Crippen LogP contribution in [0.5, 0.6) is 0 Å². The minimum atomic E-state index is -0.255. The average Bonchev–Trinajstić information content (AvgIpc) is 3.57. The summed E-state index contributed by atoms with van der Waals surface area (Å²) in [7, 11) is 0. The largest absolute Gasteiger partial charge is 0.290 e. The first-order chi connectivity index (χ1) is 15.4. The molecule has 6 atom stereocenters. The summed E-state index contributed by atoms with van der Waals surface area (Å²) in [6, 6.07) is 15.0. The first-order valence-electron chi connectivity index (χ1n) is 11.4. The molecule has 1 saturated heterocycles. The summed E-state index contributed by atoms with van der Waals surface area (Å²) in [5, 5.41) is 0. The maximum Gasteiger partial charge on any atom is 0.259 e. The van der Waals surface area contributed by atoms with Gasteiger partial charge in [-0.1, -0.05) is 36.4 Å². The van der Waals surface area contributed by atoms with E-state index in [0.717, 1.165) is 17.5 Å². The van der Waals surface area contributed by atoms with Crippen molar-refractivity contribution in [2.75, 3.05) is 11.6 Å². The van der Waals surface area contributed by atoms with Crippen molar-refractivity contribution in [2.24, 2.45) is 35.5 Å². The topological polar surface area (TPSA) is 57.7 Å². The Kier molecular flexibility index (Phi) is 4.19. The number of rotatable bonds is 4. The number of benzene rings is 2. The summed E-state index contributed by atoms with van der Waals surface area (Å²) in [4.78, 5) is 43.5. The highest BCUT2D eigenvalue weighted by Crippen LogP contribution is 2.65. The van der Waals surface area contributed by atoms with Crippen LogP contribution < -0.4 is 4.90 Å². The highest BCUT2D eigenvalue weighted by Gasteiger charge is 2.67. The summed E-state index contributed by atoms with van der Waals surface area (Å²) < 4.78 is 0. The van der Waals surface area contributed by atoms with Gasteiger partial charge >= 0.3 is 0 Å². The highest BCUT2D eigenvalue weighted by atomic mass is 16.2. The fraction of sp³-hybridized carbons (Fsp3) is 0.370. The minimum Gasteiger partial charge on any atom is -0.290 e. The van der Waals surface area contributed by atoms with E-state index in [-0.39, 0.29) is 48.1 Å². The van der Waals surface area contributed by atoms with E-state index in [1.54, 1.807) is 17.0 Å². The third kappa shape index (κ3) is 2.80. The van der Waals surface area contributed by atoms with E-state index in [1.807, 2.05) is 50.2 Å². The van der Waals surface area contributed by atoms with Crippen molar-refractivity contribution in [3.63, 3.8) is 0 Å². The molecule has 2 aromatic carbocycles. The fourth-order valence-corrected chi connectivity index (χ4v) is 6.41. The smallest absolute Gasteiger partial charge is 0.259 e. The number of aryl methyl sites for hydroxylation is 2. The van der Waals surface area contributed by atoms with Crippen LogP contribution in [0.1, 0.15) is 27.9 Å². The molecule has 3 amide bonds. The second-order valence-corrected chi connectivity index (χ2v) is 9.85. The molecule has 5 nitrogen and oxygen atoms in total. The summed E-state index contributed by atoms with van der Waals surface area (Å²) in [6.45, 7) is 3.92. The Morgan fingerprint density at radius 3 is 2.03 bits per heavy atom. The number of allylic oxidation sites excluding steroid dienone is 2. The quantitative estimate of drug-likeness (QED) is 0.549. The minimum absolute atomic E-state index is 0.0456. The average molecular weight is 427 g/mol. The Balaban J connectivity index is 1.36. The Bertz CT molecular complexity index is 1110. The molecule has 0 N–H and O–H groups in total. The normalized spacial score (nSPS) is 31.5. The van der Waals surface area contributed by atoms with Crippen LogP contribution in [0.25, 0.3) is 0 Å². The molecule has 2 saturated carbocycles. The number of anilines is 1. The molecule has 32 heavy (non-hydrogen) atoms. The predicted molar refractivity (Wildman–Crippen MR) is 121 cm³/mol. The third-order valence-corrected chi connectivity index (χ3v) is 7.82. The van der Waals surface area contributed by atoms with Crippen molar-refractivity contribution < 1.29 is 14.4 Å². The third-order valence-electron chi connectivity index (χ3n) is 7.82. The number of likely N-dealkylation sites (tertiary alicyclic amines) is 1. The van der Waals surface area contributed by atoms with Gasteiger partial charge in [0, 0.05) is 11.3 Å². The van der Waals surface area contributed by atoms with E-state index in [9.17, 15) is 14.4 Å². The first kappa shape index (κ1) is 19.5. The molecule has 5 heteroatoms. The lowest BCUT2D eigenvalue weighted by Crippen LogP contribution is -2.45. The summed E-state index contributed by atoms with van der Waals surface area (Å²) >= 11 is 0. The molecule has 0 radical (unpaired) electrons. The molecule has 0 aromatic heterocycles. The zero-order chi connectivity index (χ0) is 22.1. The van der Waals surface area contributed by atoms with Gasteiger partial charge in [0.15, 0.2) is 0 Å². The van der Waals surface area contributed by atoms with Gasteiger partial charge < -0.3 is 0 Å². The molecule has 2 bridgehead atoms. The number of amides is 3. The Morgan fingerprint density at radius 2 is 1.47 bits per heavy atom. The zero-order valence-corrected chi connectivity index (χ0v) is 18.3. The van der Waals surface area contributed by atoms with Crippen molar-refractivity contribution in [3.8, 4) is 0 Å². The Hall–Kier alpha value is -3.21. The van der Waals surface area contributed by atoms with Crippen LogP contribution in [0.2, 0.25) is 0 Å². The van der Waals surface area contributed by atoms with Gasteiger partial charge in [-0.3, -0.25) is 24.2 Å². The second-order valence-electron chi connectivity index (χ2n) is 9.85. The van der Waals surface area contributed by atoms with Gasteiger partial charge in [0.1, 0.15) is 6.67 Å². The number of carbonyl (C=O) groups excluding carboxylic acids is 3. The molecule has 3 fully saturated rings. The monoisotopic (exact) mass is 426 g/mol. The van der Waals surface area contributed by atoms with E-state index in [2.05, 4.69) is 12.2 Å². The van der Waals surface area contributed by atoms with Gasteiger partial charge in [-0.25, -0.2) is 0 Å². The molecule has 1 heterocycles. The number of nitrogens with zero attached hydrogens (tertiary/aromatic N) is 2. The summed E-state index contributed by atoms with van der Waals surface area (Å²) in [5.74, 6) is 0.527. The molecule has 5 aliphatic rings. The molecule has 0 spiro atoms. The Morgan fingerprint density at radius 1 is 0.906 bits per heavy atom. The van der Waals surface area contributed by atoms with Gasteiger partial charge in [0.05, 0.1) is 11.8 Å². The van der Waals surface area contributed by atoms with Crippen LogP contribution in [-0.4, -0.2) is 29.3 Å². The van der Waals surface area contributed by atoms with Gasteiger partial charge in [-0.05, 0) is 79.3 Å². The zero-order valence-electron chi connectivity index (χ0n) is 18.3. The molecule has 2 aromatic rings. The number of imide groups is 1. The molecule has 7 rings (SSSR count). The first-order valence-corrected chi connectivity index (χ1v) is 11.4. The standard InChI is InChI=1S/C27H26N2O3/c1-15-10-16(2)12-18(11-15)28(25(30)17-6-4-3-5-7-17)14-29-26(31)23-19-8-9-20(22-13-21(19)22)24(23)27(29)32/h3-12,19-24H,13-14H2,1-2H3. The van der Waals surface area contributed by atoms with E-state index >= 15 is 0 Å². The van der Waals surface area contributed by atoms with Crippen LogP contribution >= 0.6 is 0 Å². The number of hydrogen-bond donors (Lipinski definition) is 0. The summed E-state index contributed by atoms with van der Waals surface area (Å²) in [5.41, 5.74) is 3.30. The van der Waals surface area contributed by atoms with Crippen LogP contribution in [0.3, 0.4) is 0 Å². The highest BCUT2D eigenvalue weighted by molar-refractivity contribution is 6.10. The van der Waals surface area contributed by atoms with Crippen molar-refractivity contribution in [1.29, 1.82) is 0 Å². The van der Waals surface area contributed by atoms with Crippen LogP contribution in [-0.2, 0) is 9.59 Å². The summed E-state index contributed by atoms with van der Waals surface area (Å²) in [6.07, 6.45) is 5.48. The van der Waals surface area contributed by atoms with E-state index in [0.29, 0.717) is 23.1 Å². The number of carbonyl (C=O) groups is 3. The molecule has 162 valence electrons. The Labute approximate surface area is 187 Å². The lowest BCUT2D eigenvalue weighted by Gasteiger charge is -2.37. The van der Waals surface area contributed by atoms with E-state index < -0.39 is 0 Å². The maximum atomic E-state index is 13.5. The van der Waals surface area contributed by atoms with E-state index in [1.165, 1.54) is 4.90 Å². The second kappa shape index (κ2) is 6.89. The van der Waals surface area contributed by atoms with Crippen molar-refractivity contribution in [3.05, 3.63) is 77.4 Å². The predicted octanol–water partition coefficient (Wildman–Crippen LogP) is 3.96. The number of hydrogen-bond acceptors (Lipinski definition) is 3. The van der Waals surface area contributed by atoms with Crippen molar-refractivity contribution in [1.82, 2.24) is 4.90 Å². The van der Waals surface area contributed by atoms with Crippen LogP contribution in [0.4, 0.5) is 5.69 Å². The fourth-order valence-electron chi connectivity index (χ4n) is 6.41. The lowest BCUT2D eigenvalue weighted by molar-refractivity contribution is -0.140. The molecular formula is C27H26N2O3. The van der Waals surface area contributed by atoms with Gasteiger partial charge in [-0.15, -0.1) is 0 Å².